The molecule has 0 saturated carbocycles. The predicted octanol–water partition coefficient (Wildman–Crippen LogP) is 1.95. The van der Waals surface area contributed by atoms with Gasteiger partial charge in [0.05, 0.1) is 12.1 Å². The van der Waals surface area contributed by atoms with Crippen molar-refractivity contribution in [3.8, 4) is 0 Å². The van der Waals surface area contributed by atoms with E-state index in [0.717, 1.165) is 45.8 Å². The van der Waals surface area contributed by atoms with Crippen molar-refractivity contribution in [2.45, 2.75) is 31.9 Å². The number of hydrogen-bond donors (Lipinski definition) is 1. The smallest absolute Gasteiger partial charge is 0.241 e. The van der Waals surface area contributed by atoms with Crippen molar-refractivity contribution >= 4 is 11.6 Å². The zero-order valence-corrected chi connectivity index (χ0v) is 14.2. The maximum atomic E-state index is 12.9. The summed E-state index contributed by atoms with van der Waals surface area (Å²) in [6.45, 7) is 7.52. The highest BCUT2D eigenvalue weighted by Crippen LogP contribution is 2.16. The lowest BCUT2D eigenvalue weighted by molar-refractivity contribution is -0.121. The number of halogens is 1. The van der Waals surface area contributed by atoms with Gasteiger partial charge in [0.1, 0.15) is 5.82 Å². The van der Waals surface area contributed by atoms with Gasteiger partial charge in [-0.15, -0.1) is 0 Å². The van der Waals surface area contributed by atoms with E-state index in [0.29, 0.717) is 11.8 Å². The second-order valence-electron chi connectivity index (χ2n) is 6.64. The molecule has 2 aliphatic rings. The van der Waals surface area contributed by atoms with E-state index in [1.807, 2.05) is 6.92 Å². The van der Waals surface area contributed by atoms with E-state index in [9.17, 15) is 9.18 Å². The second kappa shape index (κ2) is 8.05. The second-order valence-corrected chi connectivity index (χ2v) is 6.64. The molecule has 2 heterocycles. The SMILES string of the molecule is CC(C(=O)Nc1ccc(F)cc1)N1CCN(CC2CCCO2)CC1. The number of carbonyl (C=O) groups excluding carboxylic acids is 1. The summed E-state index contributed by atoms with van der Waals surface area (Å²) in [4.78, 5) is 17.0. The number of nitrogens with one attached hydrogen (secondary N) is 1. The van der Waals surface area contributed by atoms with Crippen molar-refractivity contribution in [3.05, 3.63) is 30.1 Å². The Bertz CT molecular complexity index is 538. The van der Waals surface area contributed by atoms with Gasteiger partial charge in [0, 0.05) is 45.0 Å². The molecule has 1 aromatic carbocycles. The van der Waals surface area contributed by atoms with Crippen molar-refractivity contribution in [1.82, 2.24) is 9.80 Å². The zero-order valence-electron chi connectivity index (χ0n) is 14.2. The van der Waals surface area contributed by atoms with Crippen LogP contribution in [0, 0.1) is 5.82 Å². The van der Waals surface area contributed by atoms with E-state index in [2.05, 4.69) is 15.1 Å². The molecule has 0 radical (unpaired) electrons. The molecule has 5 nitrogen and oxygen atoms in total. The van der Waals surface area contributed by atoms with E-state index in [1.165, 1.54) is 18.6 Å². The van der Waals surface area contributed by atoms with Crippen LogP contribution in [-0.2, 0) is 9.53 Å². The van der Waals surface area contributed by atoms with Crippen LogP contribution in [0.5, 0.6) is 0 Å². The molecule has 1 amide bonds. The largest absolute Gasteiger partial charge is 0.377 e. The minimum absolute atomic E-state index is 0.0471. The highest BCUT2D eigenvalue weighted by Gasteiger charge is 2.27. The van der Waals surface area contributed by atoms with Crippen LogP contribution in [0.3, 0.4) is 0 Å². The van der Waals surface area contributed by atoms with Crippen LogP contribution in [0.1, 0.15) is 19.8 Å². The molecule has 132 valence electrons. The maximum absolute atomic E-state index is 12.9. The number of piperazine rings is 1. The molecule has 6 heteroatoms. The summed E-state index contributed by atoms with van der Waals surface area (Å²) in [6.07, 6.45) is 2.72. The first-order chi connectivity index (χ1) is 11.6. The third-order valence-corrected chi connectivity index (χ3v) is 4.93. The fourth-order valence-corrected chi connectivity index (χ4v) is 3.36. The van der Waals surface area contributed by atoms with Gasteiger partial charge in [-0.2, -0.15) is 0 Å². The summed E-state index contributed by atoms with van der Waals surface area (Å²) in [5.41, 5.74) is 0.630. The van der Waals surface area contributed by atoms with Crippen LogP contribution in [0.25, 0.3) is 0 Å². The Hall–Kier alpha value is -1.50. The van der Waals surface area contributed by atoms with Gasteiger partial charge in [-0.25, -0.2) is 4.39 Å². The third kappa shape index (κ3) is 4.53. The number of benzene rings is 1. The lowest BCUT2D eigenvalue weighted by Crippen LogP contribution is -2.53. The van der Waals surface area contributed by atoms with Gasteiger partial charge in [-0.1, -0.05) is 0 Å². The van der Waals surface area contributed by atoms with Crippen LogP contribution in [-0.4, -0.2) is 67.2 Å². The van der Waals surface area contributed by atoms with E-state index in [-0.39, 0.29) is 17.8 Å². The summed E-state index contributed by atoms with van der Waals surface area (Å²) >= 11 is 0. The van der Waals surface area contributed by atoms with Gasteiger partial charge in [0.25, 0.3) is 0 Å². The van der Waals surface area contributed by atoms with Gasteiger partial charge >= 0.3 is 0 Å². The van der Waals surface area contributed by atoms with Crippen LogP contribution in [0.2, 0.25) is 0 Å². The molecule has 2 aliphatic heterocycles. The molecule has 1 aromatic rings. The topological polar surface area (TPSA) is 44.8 Å². The quantitative estimate of drug-likeness (QED) is 0.893. The van der Waals surface area contributed by atoms with Crippen molar-refractivity contribution in [2.75, 3.05) is 44.6 Å². The monoisotopic (exact) mass is 335 g/mol. The average molecular weight is 335 g/mol. The summed E-state index contributed by atoms with van der Waals surface area (Å²) in [6, 6.07) is 5.67. The number of anilines is 1. The average Bonchev–Trinajstić information content (AvgIpc) is 3.10. The molecule has 0 aromatic heterocycles. The van der Waals surface area contributed by atoms with Gasteiger partial charge in [0.2, 0.25) is 5.91 Å². The lowest BCUT2D eigenvalue weighted by Gasteiger charge is -2.38. The number of nitrogens with zero attached hydrogens (tertiary/aromatic N) is 2. The Balaban J connectivity index is 1.44. The number of carbonyl (C=O) groups is 1. The number of hydrogen-bond acceptors (Lipinski definition) is 4. The summed E-state index contributed by atoms with van der Waals surface area (Å²) in [5.74, 6) is -0.349. The third-order valence-electron chi connectivity index (χ3n) is 4.93. The van der Waals surface area contributed by atoms with Crippen molar-refractivity contribution in [1.29, 1.82) is 0 Å². The first-order valence-corrected chi connectivity index (χ1v) is 8.76. The first kappa shape index (κ1) is 17.3. The zero-order chi connectivity index (χ0) is 16.9. The summed E-state index contributed by atoms with van der Waals surface area (Å²) < 4.78 is 18.6. The highest BCUT2D eigenvalue weighted by molar-refractivity contribution is 5.94. The summed E-state index contributed by atoms with van der Waals surface area (Å²) in [5, 5.41) is 2.86. The fraction of sp³-hybridized carbons (Fsp3) is 0.611. The molecular formula is C18H26FN3O2. The number of rotatable bonds is 5. The molecule has 2 atom stereocenters. The molecule has 0 bridgehead atoms. The standard InChI is InChI=1S/C18H26FN3O2/c1-14(18(23)20-16-6-4-15(19)5-7-16)22-10-8-21(9-11-22)13-17-3-2-12-24-17/h4-7,14,17H,2-3,8-13H2,1H3,(H,20,23). The van der Waals surface area contributed by atoms with Crippen molar-refractivity contribution in [3.63, 3.8) is 0 Å². The molecule has 0 aliphatic carbocycles. The molecular weight excluding hydrogens is 309 g/mol. The minimum Gasteiger partial charge on any atom is -0.377 e. The minimum atomic E-state index is -0.302. The lowest BCUT2D eigenvalue weighted by atomic mass is 10.2. The highest BCUT2D eigenvalue weighted by atomic mass is 19.1. The van der Waals surface area contributed by atoms with Crippen LogP contribution in [0.4, 0.5) is 10.1 Å². The van der Waals surface area contributed by atoms with Gasteiger partial charge in [-0.3, -0.25) is 14.6 Å². The van der Waals surface area contributed by atoms with E-state index < -0.39 is 0 Å². The fourth-order valence-electron chi connectivity index (χ4n) is 3.36. The molecule has 1 N–H and O–H groups in total. The Morgan fingerprint density at radius 2 is 2.00 bits per heavy atom. The maximum Gasteiger partial charge on any atom is 0.241 e. The molecule has 2 saturated heterocycles. The van der Waals surface area contributed by atoms with E-state index in [4.69, 9.17) is 4.74 Å². The Labute approximate surface area is 142 Å². The predicted molar refractivity (Wildman–Crippen MR) is 91.5 cm³/mol. The molecule has 3 rings (SSSR count). The van der Waals surface area contributed by atoms with Gasteiger partial charge in [0.15, 0.2) is 0 Å². The Morgan fingerprint density at radius 3 is 2.62 bits per heavy atom. The normalized spacial score (nSPS) is 24.0. The molecule has 2 fully saturated rings. The van der Waals surface area contributed by atoms with Crippen LogP contribution in [0.15, 0.2) is 24.3 Å². The Morgan fingerprint density at radius 1 is 1.29 bits per heavy atom. The van der Waals surface area contributed by atoms with Crippen molar-refractivity contribution < 1.29 is 13.9 Å². The van der Waals surface area contributed by atoms with Crippen LogP contribution < -0.4 is 5.32 Å². The first-order valence-electron chi connectivity index (χ1n) is 8.76. The van der Waals surface area contributed by atoms with E-state index >= 15 is 0 Å². The Kier molecular flexibility index (Phi) is 5.81. The number of ether oxygens (including phenoxy) is 1. The van der Waals surface area contributed by atoms with Gasteiger partial charge < -0.3 is 10.1 Å². The molecule has 24 heavy (non-hydrogen) atoms. The number of amides is 1. The van der Waals surface area contributed by atoms with Gasteiger partial charge in [-0.05, 0) is 44.0 Å². The molecule has 2 unspecified atom stereocenters. The van der Waals surface area contributed by atoms with E-state index in [1.54, 1.807) is 12.1 Å². The van der Waals surface area contributed by atoms with Crippen LogP contribution >= 0.6 is 0 Å². The molecule has 0 spiro atoms. The summed E-state index contributed by atoms with van der Waals surface area (Å²) in [7, 11) is 0. The van der Waals surface area contributed by atoms with Crippen molar-refractivity contribution in [2.24, 2.45) is 0 Å².